The first-order valence-corrected chi connectivity index (χ1v) is 6.91. The third kappa shape index (κ3) is 2.29. The van der Waals surface area contributed by atoms with Crippen molar-refractivity contribution in [3.8, 4) is 6.07 Å². The van der Waals surface area contributed by atoms with Crippen LogP contribution in [0.4, 0.5) is 17.1 Å². The standard InChI is InChI=1S/C15H12N4S/c1-9-18-14-7-13(12(17)6-15(14)20-9)19-11-4-2-10(8-16)3-5-11/h2-7,19H,17H2,1H3. The summed E-state index contributed by atoms with van der Waals surface area (Å²) in [5.41, 5.74) is 10.0. The average Bonchev–Trinajstić information content (AvgIpc) is 2.79. The molecule has 5 heteroatoms. The van der Waals surface area contributed by atoms with Crippen LogP contribution in [0.5, 0.6) is 0 Å². The van der Waals surface area contributed by atoms with Crippen molar-refractivity contribution in [1.29, 1.82) is 5.26 Å². The predicted molar refractivity (Wildman–Crippen MR) is 83.2 cm³/mol. The summed E-state index contributed by atoms with van der Waals surface area (Å²) in [6.45, 7) is 1.98. The Morgan fingerprint density at radius 2 is 2.00 bits per heavy atom. The number of nitriles is 1. The summed E-state index contributed by atoms with van der Waals surface area (Å²) in [5, 5.41) is 13.1. The molecule has 98 valence electrons. The van der Waals surface area contributed by atoms with Crippen LogP contribution in [0.25, 0.3) is 10.2 Å². The number of hydrogen-bond acceptors (Lipinski definition) is 5. The molecule has 2 aromatic carbocycles. The summed E-state index contributed by atoms with van der Waals surface area (Å²) in [4.78, 5) is 4.46. The van der Waals surface area contributed by atoms with Crippen molar-refractivity contribution in [2.75, 3.05) is 11.1 Å². The molecule has 0 aliphatic rings. The molecule has 0 aliphatic heterocycles. The maximum atomic E-state index is 8.79. The fourth-order valence-electron chi connectivity index (χ4n) is 2.00. The molecule has 0 spiro atoms. The second kappa shape index (κ2) is 4.83. The number of nitrogens with one attached hydrogen (secondary N) is 1. The van der Waals surface area contributed by atoms with E-state index >= 15 is 0 Å². The molecule has 0 amide bonds. The summed E-state index contributed by atoms with van der Waals surface area (Å²) >= 11 is 1.63. The number of fused-ring (bicyclic) bond motifs is 1. The SMILES string of the molecule is Cc1nc2cc(Nc3ccc(C#N)cc3)c(N)cc2s1. The molecule has 3 aromatic rings. The van der Waals surface area contributed by atoms with Crippen LogP contribution in [0.3, 0.4) is 0 Å². The fourth-order valence-corrected chi connectivity index (χ4v) is 2.85. The van der Waals surface area contributed by atoms with Gasteiger partial charge in [0.2, 0.25) is 0 Å². The first-order valence-electron chi connectivity index (χ1n) is 6.09. The van der Waals surface area contributed by atoms with E-state index in [1.165, 1.54) is 0 Å². The zero-order valence-electron chi connectivity index (χ0n) is 10.8. The van der Waals surface area contributed by atoms with E-state index < -0.39 is 0 Å². The lowest BCUT2D eigenvalue weighted by Crippen LogP contribution is -1.96. The van der Waals surface area contributed by atoms with E-state index in [2.05, 4.69) is 16.4 Å². The van der Waals surface area contributed by atoms with Gasteiger partial charge in [-0.3, -0.25) is 0 Å². The number of anilines is 3. The van der Waals surface area contributed by atoms with Crippen LogP contribution in [-0.2, 0) is 0 Å². The molecular weight excluding hydrogens is 268 g/mol. The molecule has 20 heavy (non-hydrogen) atoms. The van der Waals surface area contributed by atoms with E-state index in [0.29, 0.717) is 11.3 Å². The molecule has 3 N–H and O–H groups in total. The monoisotopic (exact) mass is 280 g/mol. The van der Waals surface area contributed by atoms with Crippen LogP contribution < -0.4 is 11.1 Å². The van der Waals surface area contributed by atoms with Crippen molar-refractivity contribution >= 4 is 38.6 Å². The van der Waals surface area contributed by atoms with Gasteiger partial charge in [-0.1, -0.05) is 0 Å². The third-order valence-corrected chi connectivity index (χ3v) is 3.89. The van der Waals surface area contributed by atoms with Gasteiger partial charge in [-0.05, 0) is 43.3 Å². The number of nitrogen functional groups attached to an aromatic ring is 1. The Balaban J connectivity index is 1.96. The number of benzene rings is 2. The minimum atomic E-state index is 0.633. The zero-order valence-corrected chi connectivity index (χ0v) is 11.7. The molecule has 0 aliphatic carbocycles. The van der Waals surface area contributed by atoms with E-state index in [1.807, 2.05) is 31.2 Å². The van der Waals surface area contributed by atoms with Gasteiger partial charge in [-0.25, -0.2) is 4.98 Å². The van der Waals surface area contributed by atoms with Crippen LogP contribution in [0.15, 0.2) is 36.4 Å². The van der Waals surface area contributed by atoms with E-state index in [4.69, 9.17) is 11.0 Å². The Kier molecular flexibility index (Phi) is 3.01. The number of aryl methyl sites for hydroxylation is 1. The number of nitrogens with two attached hydrogens (primary N) is 1. The summed E-state index contributed by atoms with van der Waals surface area (Å²) in [5.74, 6) is 0. The molecule has 0 unspecified atom stereocenters. The molecule has 4 nitrogen and oxygen atoms in total. The van der Waals surface area contributed by atoms with Gasteiger partial charge in [0.25, 0.3) is 0 Å². The lowest BCUT2D eigenvalue weighted by atomic mass is 10.2. The van der Waals surface area contributed by atoms with E-state index in [-0.39, 0.29) is 0 Å². The number of aromatic nitrogens is 1. The van der Waals surface area contributed by atoms with Gasteiger partial charge in [0.05, 0.1) is 38.2 Å². The smallest absolute Gasteiger partial charge is 0.0991 e. The number of hydrogen-bond donors (Lipinski definition) is 2. The first-order chi connectivity index (χ1) is 9.65. The third-order valence-electron chi connectivity index (χ3n) is 2.96. The Labute approximate surface area is 120 Å². The summed E-state index contributed by atoms with van der Waals surface area (Å²) in [6, 6.07) is 13.2. The topological polar surface area (TPSA) is 74.7 Å². The van der Waals surface area contributed by atoms with Crippen molar-refractivity contribution in [1.82, 2.24) is 4.98 Å². The van der Waals surface area contributed by atoms with Crippen molar-refractivity contribution in [2.24, 2.45) is 0 Å². The quantitative estimate of drug-likeness (QED) is 0.700. The van der Waals surface area contributed by atoms with Crippen LogP contribution in [0, 0.1) is 18.3 Å². The minimum Gasteiger partial charge on any atom is -0.397 e. The van der Waals surface area contributed by atoms with Crippen molar-refractivity contribution in [3.05, 3.63) is 47.0 Å². The molecular formula is C15H12N4S. The molecule has 0 radical (unpaired) electrons. The molecule has 0 saturated heterocycles. The lowest BCUT2D eigenvalue weighted by Gasteiger charge is -2.09. The first kappa shape index (κ1) is 12.5. The van der Waals surface area contributed by atoms with E-state index in [9.17, 15) is 0 Å². The predicted octanol–water partition coefficient (Wildman–Crippen LogP) is 3.80. The fraction of sp³-hybridized carbons (Fsp3) is 0.0667. The number of nitrogens with zero attached hydrogens (tertiary/aromatic N) is 2. The zero-order chi connectivity index (χ0) is 14.1. The molecule has 0 atom stereocenters. The Bertz CT molecular complexity index is 812. The van der Waals surface area contributed by atoms with E-state index in [0.717, 1.165) is 26.6 Å². The van der Waals surface area contributed by atoms with Gasteiger partial charge in [0.1, 0.15) is 0 Å². The normalized spacial score (nSPS) is 10.4. The highest BCUT2D eigenvalue weighted by molar-refractivity contribution is 7.18. The second-order valence-electron chi connectivity index (χ2n) is 4.45. The summed E-state index contributed by atoms with van der Waals surface area (Å²) < 4.78 is 1.09. The van der Waals surface area contributed by atoms with Crippen molar-refractivity contribution < 1.29 is 0 Å². The van der Waals surface area contributed by atoms with Gasteiger partial charge >= 0.3 is 0 Å². The molecule has 0 bridgehead atoms. The Hall–Kier alpha value is -2.58. The Morgan fingerprint density at radius 1 is 1.25 bits per heavy atom. The highest BCUT2D eigenvalue weighted by Crippen LogP contribution is 2.31. The van der Waals surface area contributed by atoms with Crippen LogP contribution >= 0.6 is 11.3 Å². The van der Waals surface area contributed by atoms with Crippen molar-refractivity contribution in [2.45, 2.75) is 6.92 Å². The van der Waals surface area contributed by atoms with Crippen LogP contribution in [-0.4, -0.2) is 4.98 Å². The van der Waals surface area contributed by atoms with Gasteiger partial charge in [-0.15, -0.1) is 11.3 Å². The molecule has 3 rings (SSSR count). The lowest BCUT2D eigenvalue weighted by molar-refractivity contribution is 1.35. The number of thiazole rings is 1. The maximum absolute atomic E-state index is 8.79. The molecule has 1 heterocycles. The van der Waals surface area contributed by atoms with Gasteiger partial charge < -0.3 is 11.1 Å². The summed E-state index contributed by atoms with van der Waals surface area (Å²) in [7, 11) is 0. The highest BCUT2D eigenvalue weighted by Gasteiger charge is 2.06. The minimum absolute atomic E-state index is 0.633. The highest BCUT2D eigenvalue weighted by atomic mass is 32.1. The van der Waals surface area contributed by atoms with Gasteiger partial charge in [0, 0.05) is 5.69 Å². The average molecular weight is 280 g/mol. The van der Waals surface area contributed by atoms with Gasteiger partial charge in [0.15, 0.2) is 0 Å². The van der Waals surface area contributed by atoms with Crippen LogP contribution in [0.2, 0.25) is 0 Å². The number of rotatable bonds is 2. The Morgan fingerprint density at radius 3 is 2.70 bits per heavy atom. The largest absolute Gasteiger partial charge is 0.397 e. The molecule has 1 aromatic heterocycles. The molecule has 0 fully saturated rings. The van der Waals surface area contributed by atoms with Gasteiger partial charge in [-0.2, -0.15) is 5.26 Å². The van der Waals surface area contributed by atoms with Crippen molar-refractivity contribution in [3.63, 3.8) is 0 Å². The summed E-state index contributed by atoms with van der Waals surface area (Å²) in [6.07, 6.45) is 0. The maximum Gasteiger partial charge on any atom is 0.0991 e. The van der Waals surface area contributed by atoms with E-state index in [1.54, 1.807) is 23.5 Å². The molecule has 0 saturated carbocycles. The second-order valence-corrected chi connectivity index (χ2v) is 5.69. The van der Waals surface area contributed by atoms with Crippen LogP contribution in [0.1, 0.15) is 10.6 Å².